The van der Waals surface area contributed by atoms with Crippen LogP contribution < -0.4 is 10.6 Å². The summed E-state index contributed by atoms with van der Waals surface area (Å²) < 4.78 is 51.5. The minimum Gasteiger partial charge on any atom is -0.323 e. The monoisotopic (exact) mass is 340 g/mol. The third-order valence-corrected chi connectivity index (χ3v) is 3.69. The zero-order valence-corrected chi connectivity index (χ0v) is 12.7. The summed E-state index contributed by atoms with van der Waals surface area (Å²) in [6.07, 6.45) is -3.19. The summed E-state index contributed by atoms with van der Waals surface area (Å²) in [4.78, 5) is 12.2. The Labute approximate surface area is 131 Å². The molecule has 0 radical (unpaired) electrons. The molecule has 1 aromatic carbocycles. The fourth-order valence-corrected chi connectivity index (χ4v) is 2.32. The van der Waals surface area contributed by atoms with Crippen molar-refractivity contribution >= 4 is 24.0 Å². The third-order valence-electron chi connectivity index (χ3n) is 3.69. The first-order valence-electron chi connectivity index (χ1n) is 6.61. The maximum absolute atomic E-state index is 13.6. The SMILES string of the molecule is CC1(C(=O)Nc2cc(C(F)(F)F)ccc2F)CCCNC1.Cl. The van der Waals surface area contributed by atoms with Crippen LogP contribution >= 0.6 is 12.4 Å². The van der Waals surface area contributed by atoms with Crippen molar-refractivity contribution in [2.75, 3.05) is 18.4 Å². The Kier molecular flexibility index (Phi) is 5.81. The average Bonchev–Trinajstić information content (AvgIpc) is 2.40. The first-order chi connectivity index (χ1) is 9.72. The molecule has 124 valence electrons. The van der Waals surface area contributed by atoms with Crippen LogP contribution in [0.25, 0.3) is 0 Å². The molecular formula is C14H17ClF4N2O. The Balaban J connectivity index is 0.00000242. The normalized spacial score (nSPS) is 21.9. The smallest absolute Gasteiger partial charge is 0.323 e. The van der Waals surface area contributed by atoms with Crippen LogP contribution in [0, 0.1) is 11.2 Å². The van der Waals surface area contributed by atoms with E-state index in [4.69, 9.17) is 0 Å². The summed E-state index contributed by atoms with van der Waals surface area (Å²) in [5, 5.41) is 5.34. The number of carbonyl (C=O) groups excluding carboxylic acids is 1. The van der Waals surface area contributed by atoms with E-state index in [0.29, 0.717) is 31.2 Å². The van der Waals surface area contributed by atoms with Crippen LogP contribution in [0.1, 0.15) is 25.3 Å². The summed E-state index contributed by atoms with van der Waals surface area (Å²) in [5.41, 5.74) is -2.19. The molecule has 1 aliphatic heterocycles. The molecule has 2 N–H and O–H groups in total. The molecule has 3 nitrogen and oxygen atoms in total. The molecule has 8 heteroatoms. The van der Waals surface area contributed by atoms with E-state index in [0.717, 1.165) is 13.0 Å². The first-order valence-corrected chi connectivity index (χ1v) is 6.61. The standard InChI is InChI=1S/C14H16F4N2O.ClH/c1-13(5-2-6-19-8-13)12(21)20-11-7-9(14(16,17)18)3-4-10(11)15;/h3-4,7,19H,2,5-6,8H2,1H3,(H,20,21);1H. The number of alkyl halides is 3. The van der Waals surface area contributed by atoms with Crippen LogP contribution in [-0.2, 0) is 11.0 Å². The summed E-state index contributed by atoms with van der Waals surface area (Å²) in [5.74, 6) is -1.36. The largest absolute Gasteiger partial charge is 0.416 e. The Morgan fingerprint density at radius 1 is 1.36 bits per heavy atom. The molecular weight excluding hydrogens is 324 g/mol. The Morgan fingerprint density at radius 2 is 2.05 bits per heavy atom. The van der Waals surface area contributed by atoms with Crippen molar-refractivity contribution in [3.8, 4) is 0 Å². The van der Waals surface area contributed by atoms with Crippen LogP contribution in [0.2, 0.25) is 0 Å². The highest BCUT2D eigenvalue weighted by Gasteiger charge is 2.36. The van der Waals surface area contributed by atoms with Crippen molar-refractivity contribution < 1.29 is 22.4 Å². The molecule has 0 spiro atoms. The third kappa shape index (κ3) is 4.10. The molecule has 1 saturated heterocycles. The molecule has 1 aliphatic rings. The summed E-state index contributed by atoms with van der Waals surface area (Å²) in [6.45, 7) is 2.92. The van der Waals surface area contributed by atoms with E-state index >= 15 is 0 Å². The molecule has 1 atom stereocenters. The topological polar surface area (TPSA) is 41.1 Å². The number of hydrogen-bond acceptors (Lipinski definition) is 2. The molecule has 0 saturated carbocycles. The van der Waals surface area contributed by atoms with Gasteiger partial charge in [0.05, 0.1) is 16.7 Å². The number of benzene rings is 1. The van der Waals surface area contributed by atoms with E-state index in [1.807, 2.05) is 0 Å². The molecule has 1 heterocycles. The van der Waals surface area contributed by atoms with Crippen LogP contribution in [0.15, 0.2) is 18.2 Å². The van der Waals surface area contributed by atoms with Crippen molar-refractivity contribution in [1.82, 2.24) is 5.32 Å². The van der Waals surface area contributed by atoms with Crippen molar-refractivity contribution in [3.63, 3.8) is 0 Å². The van der Waals surface area contributed by atoms with Gasteiger partial charge in [0.2, 0.25) is 5.91 Å². The number of amides is 1. The van der Waals surface area contributed by atoms with Crippen molar-refractivity contribution in [1.29, 1.82) is 0 Å². The van der Waals surface area contributed by atoms with Crippen LogP contribution in [0.3, 0.4) is 0 Å². The number of piperidine rings is 1. The maximum atomic E-state index is 13.6. The lowest BCUT2D eigenvalue weighted by Gasteiger charge is -2.32. The van der Waals surface area contributed by atoms with Gasteiger partial charge in [-0.1, -0.05) is 0 Å². The lowest BCUT2D eigenvalue weighted by atomic mass is 9.82. The Hall–Kier alpha value is -1.34. The highest BCUT2D eigenvalue weighted by molar-refractivity contribution is 5.95. The molecule has 1 unspecified atom stereocenters. The second kappa shape index (κ2) is 6.83. The molecule has 2 rings (SSSR count). The van der Waals surface area contributed by atoms with Gasteiger partial charge >= 0.3 is 6.18 Å². The minimum atomic E-state index is -4.58. The lowest BCUT2D eigenvalue weighted by Crippen LogP contribution is -2.46. The highest BCUT2D eigenvalue weighted by atomic mass is 35.5. The minimum absolute atomic E-state index is 0. The van der Waals surface area contributed by atoms with Gasteiger partial charge in [0.25, 0.3) is 0 Å². The van der Waals surface area contributed by atoms with E-state index < -0.39 is 34.6 Å². The molecule has 1 aromatic rings. The highest BCUT2D eigenvalue weighted by Crippen LogP contribution is 2.33. The predicted molar refractivity (Wildman–Crippen MR) is 77.5 cm³/mol. The fourth-order valence-electron chi connectivity index (χ4n) is 2.32. The van der Waals surface area contributed by atoms with E-state index in [1.165, 1.54) is 0 Å². The lowest BCUT2D eigenvalue weighted by molar-refractivity contribution is -0.137. The summed E-state index contributed by atoms with van der Waals surface area (Å²) >= 11 is 0. The van der Waals surface area contributed by atoms with Gasteiger partial charge in [-0.3, -0.25) is 4.79 Å². The quantitative estimate of drug-likeness (QED) is 0.808. The van der Waals surface area contributed by atoms with Crippen molar-refractivity contribution in [2.45, 2.75) is 25.9 Å². The number of nitrogens with one attached hydrogen (secondary N) is 2. The first kappa shape index (κ1) is 18.7. The predicted octanol–water partition coefficient (Wildman–Crippen LogP) is 3.59. The molecule has 1 amide bonds. The van der Waals surface area contributed by atoms with E-state index in [1.54, 1.807) is 6.92 Å². The number of rotatable bonds is 2. The van der Waals surface area contributed by atoms with Gasteiger partial charge in [-0.15, -0.1) is 12.4 Å². The summed E-state index contributed by atoms with van der Waals surface area (Å²) in [7, 11) is 0. The second-order valence-electron chi connectivity index (χ2n) is 5.49. The van der Waals surface area contributed by atoms with Crippen molar-refractivity contribution in [2.24, 2.45) is 5.41 Å². The van der Waals surface area contributed by atoms with Gasteiger partial charge in [0, 0.05) is 6.54 Å². The number of carbonyl (C=O) groups is 1. The number of anilines is 1. The second-order valence-corrected chi connectivity index (χ2v) is 5.49. The number of hydrogen-bond donors (Lipinski definition) is 2. The Morgan fingerprint density at radius 3 is 2.59 bits per heavy atom. The molecule has 1 fully saturated rings. The van der Waals surface area contributed by atoms with E-state index in [9.17, 15) is 22.4 Å². The average molecular weight is 341 g/mol. The maximum Gasteiger partial charge on any atom is 0.416 e. The van der Waals surface area contributed by atoms with Gasteiger partial charge in [-0.2, -0.15) is 13.2 Å². The van der Waals surface area contributed by atoms with Gasteiger partial charge in [-0.05, 0) is 44.5 Å². The Bertz CT molecular complexity index is 542. The van der Waals surface area contributed by atoms with E-state index in [2.05, 4.69) is 10.6 Å². The van der Waals surface area contributed by atoms with Crippen LogP contribution in [-0.4, -0.2) is 19.0 Å². The fraction of sp³-hybridized carbons (Fsp3) is 0.500. The molecule has 0 aromatic heterocycles. The van der Waals surface area contributed by atoms with Gasteiger partial charge < -0.3 is 10.6 Å². The van der Waals surface area contributed by atoms with Crippen molar-refractivity contribution in [3.05, 3.63) is 29.6 Å². The molecule has 22 heavy (non-hydrogen) atoms. The molecule has 0 aliphatic carbocycles. The number of halogens is 5. The zero-order valence-electron chi connectivity index (χ0n) is 11.9. The van der Waals surface area contributed by atoms with Gasteiger partial charge in [-0.25, -0.2) is 4.39 Å². The van der Waals surface area contributed by atoms with Crippen LogP contribution in [0.5, 0.6) is 0 Å². The zero-order chi connectivity index (χ0) is 15.7. The van der Waals surface area contributed by atoms with Gasteiger partial charge in [0.15, 0.2) is 0 Å². The van der Waals surface area contributed by atoms with E-state index in [-0.39, 0.29) is 12.4 Å². The van der Waals surface area contributed by atoms with Crippen LogP contribution in [0.4, 0.5) is 23.2 Å². The summed E-state index contributed by atoms with van der Waals surface area (Å²) in [6, 6.07) is 1.97. The van der Waals surface area contributed by atoms with Gasteiger partial charge in [0.1, 0.15) is 5.82 Å². The molecule has 0 bridgehead atoms.